The zero-order valence-electron chi connectivity index (χ0n) is 18.6. The van der Waals surface area contributed by atoms with Crippen LogP contribution in [0.5, 0.6) is 5.88 Å². The van der Waals surface area contributed by atoms with E-state index in [-0.39, 0.29) is 18.0 Å². The predicted octanol–water partition coefficient (Wildman–Crippen LogP) is 4.68. The molecule has 3 heterocycles. The first-order valence-corrected chi connectivity index (χ1v) is 10.5. The highest BCUT2D eigenvalue weighted by Gasteiger charge is 2.22. The van der Waals surface area contributed by atoms with Crippen molar-refractivity contribution in [1.29, 1.82) is 0 Å². The lowest BCUT2D eigenvalue weighted by Crippen LogP contribution is -2.26. The highest BCUT2D eigenvalue weighted by Crippen LogP contribution is 2.34. The van der Waals surface area contributed by atoms with E-state index in [0.29, 0.717) is 33.5 Å². The molecule has 3 N–H and O–H groups in total. The first-order chi connectivity index (χ1) is 16.1. The number of aromatic hydroxyl groups is 1. The predicted molar refractivity (Wildman–Crippen MR) is 122 cm³/mol. The molecule has 0 fully saturated rings. The Hall–Kier alpha value is -4.34. The summed E-state index contributed by atoms with van der Waals surface area (Å²) in [5.41, 5.74) is 1.88. The van der Waals surface area contributed by atoms with Crippen molar-refractivity contribution >= 4 is 28.1 Å². The van der Waals surface area contributed by atoms with E-state index in [1.54, 1.807) is 45.2 Å². The van der Waals surface area contributed by atoms with E-state index in [0.717, 1.165) is 5.56 Å². The molecule has 174 valence electrons. The number of fused-ring (bicyclic) bond motifs is 2. The van der Waals surface area contributed by atoms with Gasteiger partial charge in [0.05, 0.1) is 17.6 Å². The zero-order chi connectivity index (χ0) is 24.2. The van der Waals surface area contributed by atoms with Crippen LogP contribution in [-0.4, -0.2) is 36.3 Å². The normalized spacial score (nSPS) is 12.0. The largest absolute Gasteiger partial charge is 0.493 e. The van der Waals surface area contributed by atoms with E-state index in [9.17, 15) is 19.1 Å². The highest BCUT2D eigenvalue weighted by atomic mass is 19.1. The van der Waals surface area contributed by atoms with Gasteiger partial charge < -0.3 is 19.2 Å². The van der Waals surface area contributed by atoms with Gasteiger partial charge in [-0.2, -0.15) is 0 Å². The summed E-state index contributed by atoms with van der Waals surface area (Å²) in [5.74, 6) is -0.436. The third-order valence-electron chi connectivity index (χ3n) is 5.21. The maximum Gasteiger partial charge on any atom is 0.419 e. The smallest absolute Gasteiger partial charge is 0.419 e. The first-order valence-electron chi connectivity index (χ1n) is 10.5. The molecule has 0 aliphatic carbocycles. The van der Waals surface area contributed by atoms with Crippen molar-refractivity contribution in [2.45, 2.75) is 32.8 Å². The van der Waals surface area contributed by atoms with Gasteiger partial charge in [-0.1, -0.05) is 6.07 Å². The summed E-state index contributed by atoms with van der Waals surface area (Å²) in [6.45, 7) is 5.28. The van der Waals surface area contributed by atoms with Crippen LogP contribution < -0.4 is 5.69 Å². The molecule has 5 rings (SSSR count). The lowest BCUT2D eigenvalue weighted by atomic mass is 10.0. The highest BCUT2D eigenvalue weighted by molar-refractivity contribution is 6.01. The van der Waals surface area contributed by atoms with Gasteiger partial charge >= 0.3 is 11.8 Å². The van der Waals surface area contributed by atoms with Crippen molar-refractivity contribution in [2.75, 3.05) is 0 Å². The van der Waals surface area contributed by atoms with Crippen molar-refractivity contribution in [3.05, 3.63) is 70.5 Å². The average molecular weight is 464 g/mol. The Balaban J connectivity index is 1.57. The molecule has 5 aromatic rings. The molecule has 0 atom stereocenters. The number of oxazole rings is 1. The number of carbonyl (C=O) groups is 1. The minimum atomic E-state index is -0.714. The third-order valence-corrected chi connectivity index (χ3v) is 5.21. The third kappa shape index (κ3) is 3.94. The Morgan fingerprint density at radius 1 is 1.21 bits per heavy atom. The maximum absolute atomic E-state index is 14.0. The Morgan fingerprint density at radius 3 is 2.71 bits per heavy atom. The molecule has 34 heavy (non-hydrogen) atoms. The molecule has 2 aromatic carbocycles. The maximum atomic E-state index is 14.0. The molecule has 0 amide bonds. The van der Waals surface area contributed by atoms with Crippen molar-refractivity contribution in [3.8, 4) is 17.0 Å². The van der Waals surface area contributed by atoms with Crippen LogP contribution in [0.25, 0.3) is 33.1 Å². The monoisotopic (exact) mass is 464 g/mol. The molecule has 9 nitrogen and oxygen atoms in total. The summed E-state index contributed by atoms with van der Waals surface area (Å²) in [4.78, 5) is 33.3. The number of hydrogen-bond donors (Lipinski definition) is 3. The average Bonchev–Trinajstić information content (AvgIpc) is 3.40. The summed E-state index contributed by atoms with van der Waals surface area (Å²) in [6, 6.07) is 9.59. The van der Waals surface area contributed by atoms with E-state index in [2.05, 4.69) is 15.0 Å². The quantitative estimate of drug-likeness (QED) is 0.356. The summed E-state index contributed by atoms with van der Waals surface area (Å²) in [7, 11) is 0. The van der Waals surface area contributed by atoms with Crippen molar-refractivity contribution < 1.29 is 23.4 Å². The van der Waals surface area contributed by atoms with Gasteiger partial charge in [0.25, 0.3) is 0 Å². The number of H-pyrrole nitrogens is 2. The molecule has 0 spiro atoms. The van der Waals surface area contributed by atoms with Gasteiger partial charge in [-0.3, -0.25) is 9.55 Å². The van der Waals surface area contributed by atoms with Crippen LogP contribution >= 0.6 is 0 Å². The Labute approximate surface area is 191 Å². The van der Waals surface area contributed by atoms with Crippen molar-refractivity contribution in [3.63, 3.8) is 0 Å². The first kappa shape index (κ1) is 21.5. The van der Waals surface area contributed by atoms with Crippen LogP contribution in [0.15, 0.2) is 51.8 Å². The van der Waals surface area contributed by atoms with Crippen LogP contribution in [0.3, 0.4) is 0 Å². The van der Waals surface area contributed by atoms with E-state index >= 15 is 0 Å². The standard InChI is InChI=1S/C24H21FN4O5/c1-24(2,3)34-23(32)29-11-15(14-6-5-13(25)9-18(14)29)12-4-7-16-19(8-12)33-20(26-16)10-17-21(30)28-22(31)27-17/h4-9,11,30H,10H2,1-3H3,(H2,27,28,31). The van der Waals surface area contributed by atoms with E-state index in [4.69, 9.17) is 9.15 Å². The lowest BCUT2D eigenvalue weighted by molar-refractivity contribution is 0.0544. The molecule has 0 aliphatic heterocycles. The van der Waals surface area contributed by atoms with Crippen molar-refractivity contribution in [2.24, 2.45) is 0 Å². The Morgan fingerprint density at radius 2 is 2.00 bits per heavy atom. The molecule has 0 bridgehead atoms. The van der Waals surface area contributed by atoms with Gasteiger partial charge in [0.2, 0.25) is 11.8 Å². The molecule has 0 saturated heterocycles. The van der Waals surface area contributed by atoms with Crippen LogP contribution in [0, 0.1) is 5.82 Å². The topological polar surface area (TPSA) is 126 Å². The van der Waals surface area contributed by atoms with Gasteiger partial charge in [-0.25, -0.2) is 19.0 Å². The van der Waals surface area contributed by atoms with Crippen LogP contribution in [0.4, 0.5) is 9.18 Å². The van der Waals surface area contributed by atoms with Gasteiger partial charge in [0, 0.05) is 17.1 Å². The molecular weight excluding hydrogens is 443 g/mol. The number of imidazole rings is 1. The number of aromatic nitrogens is 4. The molecular formula is C24H21FN4O5. The van der Waals surface area contributed by atoms with Crippen LogP contribution in [0.2, 0.25) is 0 Å². The number of rotatable bonds is 3. The summed E-state index contributed by atoms with van der Waals surface area (Å²) >= 11 is 0. The van der Waals surface area contributed by atoms with Crippen LogP contribution in [-0.2, 0) is 11.2 Å². The molecule has 0 aliphatic rings. The number of ether oxygens (including phenoxy) is 1. The second-order valence-corrected chi connectivity index (χ2v) is 8.93. The zero-order valence-corrected chi connectivity index (χ0v) is 18.6. The minimum absolute atomic E-state index is 0.0891. The second-order valence-electron chi connectivity index (χ2n) is 8.93. The lowest BCUT2D eigenvalue weighted by Gasteiger charge is -2.19. The number of nitrogens with zero attached hydrogens (tertiary/aromatic N) is 2. The van der Waals surface area contributed by atoms with Crippen molar-refractivity contribution in [1.82, 2.24) is 19.5 Å². The van der Waals surface area contributed by atoms with Gasteiger partial charge in [-0.05, 0) is 56.7 Å². The van der Waals surface area contributed by atoms with E-state index in [1.807, 2.05) is 6.07 Å². The Kier molecular flexibility index (Phi) is 4.82. The number of halogens is 1. The number of carbonyl (C=O) groups excluding carboxylic acids is 1. The number of aromatic amines is 2. The van der Waals surface area contributed by atoms with E-state index in [1.165, 1.54) is 16.7 Å². The van der Waals surface area contributed by atoms with Gasteiger partial charge in [-0.15, -0.1) is 0 Å². The molecule has 0 radical (unpaired) electrons. The molecule has 3 aromatic heterocycles. The molecule has 0 saturated carbocycles. The second kappa shape index (κ2) is 7.62. The summed E-state index contributed by atoms with van der Waals surface area (Å²) in [5, 5.41) is 10.4. The molecule has 0 unspecified atom stereocenters. The summed E-state index contributed by atoms with van der Waals surface area (Å²) < 4.78 is 26.6. The fourth-order valence-electron chi connectivity index (χ4n) is 3.80. The Bertz CT molecular complexity index is 1620. The van der Waals surface area contributed by atoms with Crippen LogP contribution in [0.1, 0.15) is 32.4 Å². The number of benzene rings is 2. The SMILES string of the molecule is CC(C)(C)OC(=O)n1cc(-c2ccc3nc(Cc4[nH]c(=O)[nH]c4O)oc3c2)c2ccc(F)cc21. The summed E-state index contributed by atoms with van der Waals surface area (Å²) in [6.07, 6.45) is 1.09. The van der Waals surface area contributed by atoms with E-state index < -0.39 is 23.2 Å². The minimum Gasteiger partial charge on any atom is -0.493 e. The van der Waals surface area contributed by atoms with Gasteiger partial charge in [0.1, 0.15) is 16.9 Å². The number of hydrogen-bond acceptors (Lipinski definition) is 6. The van der Waals surface area contributed by atoms with Gasteiger partial charge in [0.15, 0.2) is 5.58 Å². The molecule has 10 heteroatoms. The fourth-order valence-corrected chi connectivity index (χ4v) is 3.80. The fraction of sp³-hybridized carbons (Fsp3) is 0.208. The number of nitrogens with one attached hydrogen (secondary N) is 2.